The highest BCUT2D eigenvalue weighted by atomic mass is 79.9. The van der Waals surface area contributed by atoms with Crippen molar-refractivity contribution in [1.29, 1.82) is 0 Å². The van der Waals surface area contributed by atoms with Gasteiger partial charge in [-0.3, -0.25) is 0 Å². The lowest BCUT2D eigenvalue weighted by Gasteiger charge is -2.11. The highest BCUT2D eigenvalue weighted by Crippen LogP contribution is 2.36. The number of nitrogen functional groups attached to an aromatic ring is 3. The molecule has 0 atom stereocenters. The van der Waals surface area contributed by atoms with E-state index in [0.717, 1.165) is 65.4 Å². The molecule has 16 aromatic rings. The van der Waals surface area contributed by atoms with E-state index in [1.54, 1.807) is 127 Å². The van der Waals surface area contributed by atoms with Gasteiger partial charge in [-0.1, -0.05) is 225 Å². The fourth-order valence-corrected chi connectivity index (χ4v) is 13.5. The van der Waals surface area contributed by atoms with E-state index in [1.807, 2.05) is 36.4 Å². The molecule has 0 aliphatic heterocycles. The summed E-state index contributed by atoms with van der Waals surface area (Å²) in [5.41, 5.74) is 23.8. The normalized spacial score (nSPS) is 10.9. The van der Waals surface area contributed by atoms with E-state index in [9.17, 15) is 61.9 Å². The van der Waals surface area contributed by atoms with E-state index in [1.165, 1.54) is 76.1 Å². The van der Waals surface area contributed by atoms with Crippen molar-refractivity contribution in [2.24, 2.45) is 0 Å². The van der Waals surface area contributed by atoms with Gasteiger partial charge < -0.3 is 32.0 Å². The Bertz CT molecular complexity index is 6590. The quantitative estimate of drug-likeness (QED) is 0.0123. The Hall–Kier alpha value is -13.2. The van der Waals surface area contributed by atoms with Crippen LogP contribution in [0, 0.1) is 29.8 Å². The number of nitrogens with one attached hydrogen (secondary N) is 1. The lowest BCUT2D eigenvalue weighted by atomic mass is 9.79. The zero-order valence-corrected chi connectivity index (χ0v) is 75.5. The Morgan fingerprint density at radius 3 is 1.18 bits per heavy atom. The van der Waals surface area contributed by atoms with E-state index >= 15 is 0 Å². The van der Waals surface area contributed by atoms with Crippen LogP contribution in [0.1, 0.15) is 71.6 Å². The van der Waals surface area contributed by atoms with Crippen LogP contribution in [0.15, 0.2) is 279 Å². The Labute approximate surface area is 779 Å². The lowest BCUT2D eigenvalue weighted by Crippen LogP contribution is -2.30. The number of esters is 1. The molecular formula is C88H67BBr5F13N20O4. The van der Waals surface area contributed by atoms with Crippen LogP contribution >= 0.6 is 79.6 Å². The minimum absolute atomic E-state index is 0.0271. The molecule has 0 unspecified atom stereocenters. The van der Waals surface area contributed by atoms with Gasteiger partial charge in [-0.25, -0.2) is 27.2 Å². The number of aromatic nitrogens is 16. The molecule has 12 aromatic carbocycles. The van der Waals surface area contributed by atoms with Gasteiger partial charge in [0.25, 0.3) is 0 Å². The summed E-state index contributed by atoms with van der Waals surface area (Å²) in [6, 6.07) is 65.9. The Morgan fingerprint density at radius 1 is 0.427 bits per heavy atom. The Kier molecular flexibility index (Phi) is 35.7. The van der Waals surface area contributed by atoms with Crippen molar-refractivity contribution in [3.8, 4) is 45.6 Å². The number of alkyl halides is 10. The number of anilines is 3. The number of nitrogens with two attached hydrogens (primary N) is 3. The van der Waals surface area contributed by atoms with Crippen molar-refractivity contribution < 1.29 is 76.7 Å². The lowest BCUT2D eigenvalue weighted by molar-refractivity contribution is -0.138. The number of hydrogen-bond acceptors (Lipinski definition) is 19. The minimum atomic E-state index is -4.47. The number of benzene rings is 12. The summed E-state index contributed by atoms with van der Waals surface area (Å²) in [4.78, 5) is 19.1. The van der Waals surface area contributed by atoms with Crippen molar-refractivity contribution >= 4 is 121 Å². The molecule has 0 aliphatic rings. The standard InChI is InChI=1S/C24H18F4N4O2.C22H15BrF4N4.C14H11BrFN5.C7H6BF3O2.C7H6BrF.C7H6BrN5.C7H5BrN2/c1-34-23(33)17-10-9-16(11-15-5-4-7-19(12-15)24(26,27)28)20(13-17)22-29-31-32(30-22)14-18-6-2-3-8-21(18)25;23-18-9-8-15(10-14-4-3-6-17(11-14)22(25,26)27)19(12-18)21-28-30-31(29-21)13-16-5-1-2-7-20(16)24;15-10-5-6-13(17)11(7-10)14-18-20-21(19-14)8-9-3-1-2-4-12(9)16;9-7(10,11)5-2-1-3-6(4-5)8(12)13;8-5-6-3-1-2-4-7(6)9;8-4-1-2-6(9)5(3-4)7-10-12-13-11-7;1-10-7-4-5(8)2-3-6(7)9/h2-10,12-13H,11,14H2,1H3;1-9,11-12H,10,13H2;1-7H,8,17H2;1-4,12-13H;1-4H,5H2;1-3H,9H2,(H,10,11,12,13);2-4H,9H2. The van der Waals surface area contributed by atoms with E-state index in [4.69, 9.17) is 38.6 Å². The number of aromatic amines is 1. The van der Waals surface area contributed by atoms with Gasteiger partial charge in [0.1, 0.15) is 23.3 Å². The molecule has 131 heavy (non-hydrogen) atoms. The van der Waals surface area contributed by atoms with Crippen LogP contribution in [-0.4, -0.2) is 111 Å². The number of rotatable bonds is 17. The molecule has 0 radical (unpaired) electrons. The molecule has 24 nitrogen and oxygen atoms in total. The van der Waals surface area contributed by atoms with Gasteiger partial charge in [-0.15, -0.1) is 40.8 Å². The van der Waals surface area contributed by atoms with E-state index in [-0.39, 0.29) is 66.8 Å². The number of methoxy groups -OCH3 is 1. The number of hydrogen-bond donors (Lipinski definition) is 6. The fraction of sp³-hybridized carbons (Fsp3) is 0.114. The SMILES string of the molecule is COC(=O)c1ccc(Cc2cccc(C(F)(F)F)c2)c(-c2nnn(Cc3ccccc3F)n2)c1.Fc1ccccc1CBr.Fc1ccccc1Cn1nnc(-c2cc(Br)ccc2Cc2cccc(C(F)(F)F)c2)n1.Nc1ccc(Br)cc1-c1nn[nH]n1.Nc1ccc(Br)cc1-c1nnn(Cc2ccccc2F)n1.OB(O)c1cccc(C(F)(F)F)c1.[C-]#[N+]c1cc(Br)ccc1N. The van der Waals surface area contributed by atoms with Gasteiger partial charge in [0.2, 0.25) is 29.0 Å². The molecule has 0 bridgehead atoms. The molecule has 672 valence electrons. The Morgan fingerprint density at radius 2 is 0.794 bits per heavy atom. The maximum absolute atomic E-state index is 14.0. The number of carbonyl (C=O) groups excluding carboxylic acids is 1. The van der Waals surface area contributed by atoms with Crippen LogP contribution < -0.4 is 22.7 Å². The maximum Gasteiger partial charge on any atom is 0.488 e. The molecule has 0 amide bonds. The largest absolute Gasteiger partial charge is 0.488 e. The average molecular weight is 2130 g/mol. The summed E-state index contributed by atoms with van der Waals surface area (Å²) in [6.07, 6.45) is -12.9. The average Bonchev–Trinajstić information content (AvgIpc) is 1.77. The molecule has 0 spiro atoms. The summed E-state index contributed by atoms with van der Waals surface area (Å²) in [5.74, 6) is -0.459. The van der Waals surface area contributed by atoms with Crippen molar-refractivity contribution in [2.75, 3.05) is 24.3 Å². The number of nitrogens with zero attached hydrogens (tertiary/aromatic N) is 16. The van der Waals surface area contributed by atoms with Gasteiger partial charge in [0.15, 0.2) is 0 Å². The first-order valence-electron chi connectivity index (χ1n) is 37.9. The van der Waals surface area contributed by atoms with Gasteiger partial charge >= 0.3 is 31.6 Å². The summed E-state index contributed by atoms with van der Waals surface area (Å²) < 4.78 is 177. The summed E-state index contributed by atoms with van der Waals surface area (Å²) in [5, 5.41) is 68.2. The molecule has 16 rings (SSSR count). The van der Waals surface area contributed by atoms with Gasteiger partial charge in [-0.05, 0) is 182 Å². The summed E-state index contributed by atoms with van der Waals surface area (Å²) in [7, 11) is -0.635. The van der Waals surface area contributed by atoms with Crippen LogP contribution in [0.25, 0.3) is 50.4 Å². The third-order valence-electron chi connectivity index (χ3n) is 18.1. The van der Waals surface area contributed by atoms with E-state index < -0.39 is 54.1 Å². The van der Waals surface area contributed by atoms with Gasteiger partial charge in [-0.2, -0.15) is 59.1 Å². The first-order valence-corrected chi connectivity index (χ1v) is 42.2. The smallest absolute Gasteiger partial charge is 0.465 e. The molecule has 0 saturated carbocycles. The van der Waals surface area contributed by atoms with Crippen molar-refractivity contribution in [2.45, 2.75) is 56.3 Å². The highest BCUT2D eigenvalue weighted by molar-refractivity contribution is 9.11. The first kappa shape index (κ1) is 99.9. The maximum atomic E-state index is 14.0. The Balaban J connectivity index is 0.000000167. The molecule has 0 fully saturated rings. The zero-order chi connectivity index (χ0) is 94.7. The second-order valence-corrected chi connectivity index (χ2v) is 31.6. The minimum Gasteiger partial charge on any atom is -0.465 e. The zero-order valence-electron chi connectivity index (χ0n) is 67.5. The van der Waals surface area contributed by atoms with Crippen LogP contribution in [-0.2, 0) is 61.1 Å². The monoisotopic (exact) mass is 2120 g/mol. The second-order valence-electron chi connectivity index (χ2n) is 27.4. The van der Waals surface area contributed by atoms with E-state index in [2.05, 4.69) is 151 Å². The van der Waals surface area contributed by atoms with Crippen molar-refractivity contribution in [1.82, 2.24) is 81.2 Å². The third kappa shape index (κ3) is 29.6. The van der Waals surface area contributed by atoms with Crippen molar-refractivity contribution in [3.05, 3.63) is 380 Å². The summed E-state index contributed by atoms with van der Waals surface area (Å²) >= 11 is 16.5. The number of tetrazole rings is 4. The molecule has 43 heteroatoms. The summed E-state index contributed by atoms with van der Waals surface area (Å²) in [6.45, 7) is 7.06. The number of carbonyl (C=O) groups is 1. The first-order chi connectivity index (χ1) is 62.4. The van der Waals surface area contributed by atoms with Crippen LogP contribution in [0.3, 0.4) is 0 Å². The van der Waals surface area contributed by atoms with Gasteiger partial charge in [0.05, 0.1) is 55.6 Å². The molecule has 9 N–H and O–H groups in total. The molecule has 4 aromatic heterocycles. The highest BCUT2D eigenvalue weighted by Gasteiger charge is 2.33. The van der Waals surface area contributed by atoms with E-state index in [0.29, 0.717) is 107 Å². The molecule has 0 saturated heterocycles. The fourth-order valence-electron chi connectivity index (χ4n) is 11.7. The van der Waals surface area contributed by atoms with Crippen molar-refractivity contribution in [3.63, 3.8) is 0 Å². The van der Waals surface area contributed by atoms with Crippen LogP contribution in [0.2, 0.25) is 0 Å². The number of H-pyrrole nitrogens is 1. The molecule has 4 heterocycles. The predicted molar refractivity (Wildman–Crippen MR) is 483 cm³/mol. The number of halogens is 18. The van der Waals surface area contributed by atoms with Crippen LogP contribution in [0.5, 0.6) is 0 Å². The second kappa shape index (κ2) is 46.8. The predicted octanol–water partition coefficient (Wildman–Crippen LogP) is 20.6. The van der Waals surface area contributed by atoms with Gasteiger partial charge in [0, 0.05) is 79.2 Å². The topological polar surface area (TPSA) is 334 Å². The third-order valence-corrected chi connectivity index (χ3v) is 20.7. The molecule has 0 aliphatic carbocycles. The number of ether oxygens (including phenoxy) is 1. The molecular weight excluding hydrogens is 2060 g/mol. The van der Waals surface area contributed by atoms with Crippen LogP contribution in [0.4, 0.5) is 79.8 Å².